The third-order valence-electron chi connectivity index (χ3n) is 4.41. The van der Waals surface area contributed by atoms with E-state index in [-0.39, 0.29) is 5.91 Å². The normalized spacial score (nSPS) is 21.6. The van der Waals surface area contributed by atoms with Crippen molar-refractivity contribution in [2.24, 2.45) is 11.7 Å². The molecule has 0 aromatic rings. The molecule has 20 heavy (non-hydrogen) atoms. The van der Waals surface area contributed by atoms with Crippen LogP contribution in [-0.4, -0.2) is 43.0 Å². The zero-order valence-corrected chi connectivity index (χ0v) is 13.4. The molecule has 0 saturated carbocycles. The predicted molar refractivity (Wildman–Crippen MR) is 84.6 cm³/mol. The Balaban J connectivity index is 2.01. The van der Waals surface area contributed by atoms with Crippen LogP contribution in [0.15, 0.2) is 0 Å². The monoisotopic (exact) mass is 283 g/mol. The van der Waals surface area contributed by atoms with E-state index in [4.69, 9.17) is 5.73 Å². The first-order chi connectivity index (χ1) is 9.63. The number of carbonyl (C=O) groups excluding carboxylic acids is 1. The second-order valence-electron chi connectivity index (χ2n) is 6.31. The van der Waals surface area contributed by atoms with Crippen molar-refractivity contribution in [3.63, 3.8) is 0 Å². The molecule has 2 atom stereocenters. The molecule has 0 aromatic carbocycles. The third kappa shape index (κ3) is 7.25. The molecule has 1 saturated heterocycles. The maximum Gasteiger partial charge on any atom is 0.220 e. The number of nitrogens with one attached hydrogen (secondary N) is 1. The van der Waals surface area contributed by atoms with E-state index in [9.17, 15) is 4.79 Å². The van der Waals surface area contributed by atoms with E-state index in [2.05, 4.69) is 24.1 Å². The van der Waals surface area contributed by atoms with Crippen molar-refractivity contribution in [2.75, 3.05) is 26.2 Å². The number of piperidine rings is 1. The SMILES string of the molecule is CC(CCN)CCC(=O)NCCCN1CCCCC1C. The number of hydrogen-bond donors (Lipinski definition) is 2. The number of nitrogens with zero attached hydrogens (tertiary/aromatic N) is 1. The Labute approximate surface area is 124 Å². The fourth-order valence-corrected chi connectivity index (χ4v) is 2.89. The molecule has 118 valence electrons. The van der Waals surface area contributed by atoms with Crippen molar-refractivity contribution in [3.8, 4) is 0 Å². The summed E-state index contributed by atoms with van der Waals surface area (Å²) in [5.41, 5.74) is 5.51. The second kappa shape index (κ2) is 10.2. The molecule has 2 unspecified atom stereocenters. The largest absolute Gasteiger partial charge is 0.356 e. The van der Waals surface area contributed by atoms with Gasteiger partial charge in [0.15, 0.2) is 0 Å². The second-order valence-corrected chi connectivity index (χ2v) is 6.31. The highest BCUT2D eigenvalue weighted by Gasteiger charge is 2.17. The Hall–Kier alpha value is -0.610. The highest BCUT2D eigenvalue weighted by atomic mass is 16.1. The quantitative estimate of drug-likeness (QED) is 0.637. The van der Waals surface area contributed by atoms with Crippen LogP contribution in [-0.2, 0) is 4.79 Å². The van der Waals surface area contributed by atoms with Crippen LogP contribution >= 0.6 is 0 Å². The van der Waals surface area contributed by atoms with Crippen LogP contribution in [0.4, 0.5) is 0 Å². The summed E-state index contributed by atoms with van der Waals surface area (Å²) in [6.07, 6.45) is 7.69. The molecule has 0 radical (unpaired) electrons. The molecular weight excluding hydrogens is 250 g/mol. The van der Waals surface area contributed by atoms with E-state index in [0.29, 0.717) is 12.3 Å². The maximum absolute atomic E-state index is 11.7. The zero-order chi connectivity index (χ0) is 14.8. The Morgan fingerprint density at radius 2 is 2.20 bits per heavy atom. The molecule has 4 heteroatoms. The lowest BCUT2D eigenvalue weighted by Gasteiger charge is -2.33. The van der Waals surface area contributed by atoms with E-state index >= 15 is 0 Å². The van der Waals surface area contributed by atoms with Crippen LogP contribution in [0, 0.1) is 5.92 Å². The average molecular weight is 283 g/mol. The van der Waals surface area contributed by atoms with Crippen molar-refractivity contribution >= 4 is 5.91 Å². The number of rotatable bonds is 9. The van der Waals surface area contributed by atoms with E-state index < -0.39 is 0 Å². The van der Waals surface area contributed by atoms with E-state index in [1.54, 1.807) is 0 Å². The zero-order valence-electron chi connectivity index (χ0n) is 13.4. The van der Waals surface area contributed by atoms with Crippen molar-refractivity contribution in [1.82, 2.24) is 10.2 Å². The Kier molecular flexibility index (Phi) is 8.86. The van der Waals surface area contributed by atoms with Crippen LogP contribution in [0.1, 0.15) is 58.8 Å². The van der Waals surface area contributed by atoms with E-state index in [1.165, 1.54) is 25.8 Å². The summed E-state index contributed by atoms with van der Waals surface area (Å²) in [5, 5.41) is 3.04. The van der Waals surface area contributed by atoms with Crippen LogP contribution in [0.2, 0.25) is 0 Å². The molecular formula is C16H33N3O. The highest BCUT2D eigenvalue weighted by Crippen LogP contribution is 2.16. The lowest BCUT2D eigenvalue weighted by Crippen LogP contribution is -2.39. The van der Waals surface area contributed by atoms with Crippen molar-refractivity contribution in [2.45, 2.75) is 64.8 Å². The minimum absolute atomic E-state index is 0.195. The summed E-state index contributed by atoms with van der Waals surface area (Å²) in [4.78, 5) is 14.3. The van der Waals surface area contributed by atoms with Gasteiger partial charge in [-0.15, -0.1) is 0 Å². The van der Waals surface area contributed by atoms with Gasteiger partial charge in [0.25, 0.3) is 0 Å². The van der Waals surface area contributed by atoms with Gasteiger partial charge >= 0.3 is 0 Å². The van der Waals surface area contributed by atoms with Crippen LogP contribution in [0.3, 0.4) is 0 Å². The van der Waals surface area contributed by atoms with Gasteiger partial charge in [-0.1, -0.05) is 13.3 Å². The number of hydrogen-bond acceptors (Lipinski definition) is 3. The summed E-state index contributed by atoms with van der Waals surface area (Å²) >= 11 is 0. The van der Waals surface area contributed by atoms with Gasteiger partial charge < -0.3 is 16.0 Å². The molecule has 0 bridgehead atoms. The number of carbonyl (C=O) groups is 1. The van der Waals surface area contributed by atoms with Gasteiger partial charge in [-0.2, -0.15) is 0 Å². The van der Waals surface area contributed by atoms with Crippen LogP contribution in [0.5, 0.6) is 0 Å². The van der Waals surface area contributed by atoms with Gasteiger partial charge in [-0.3, -0.25) is 4.79 Å². The van der Waals surface area contributed by atoms with Crippen LogP contribution < -0.4 is 11.1 Å². The fraction of sp³-hybridized carbons (Fsp3) is 0.938. The summed E-state index contributed by atoms with van der Waals surface area (Å²) in [7, 11) is 0. The molecule has 1 fully saturated rings. The summed E-state index contributed by atoms with van der Waals surface area (Å²) < 4.78 is 0. The molecule has 1 amide bonds. The van der Waals surface area contributed by atoms with Gasteiger partial charge in [0, 0.05) is 25.6 Å². The molecule has 3 N–H and O–H groups in total. The van der Waals surface area contributed by atoms with Crippen molar-refractivity contribution in [3.05, 3.63) is 0 Å². The van der Waals surface area contributed by atoms with Gasteiger partial charge in [0.2, 0.25) is 5.91 Å². The van der Waals surface area contributed by atoms with Gasteiger partial charge in [-0.05, 0) is 58.0 Å². The first-order valence-electron chi connectivity index (χ1n) is 8.34. The molecule has 0 aliphatic carbocycles. The standard InChI is InChI=1S/C16H33N3O/c1-14(9-10-17)7-8-16(20)18-11-5-13-19-12-4-3-6-15(19)2/h14-15H,3-13,17H2,1-2H3,(H,18,20). The first kappa shape index (κ1) is 17.4. The summed E-state index contributed by atoms with van der Waals surface area (Å²) in [5.74, 6) is 0.750. The molecule has 0 spiro atoms. The van der Waals surface area contributed by atoms with Crippen molar-refractivity contribution < 1.29 is 4.79 Å². The topological polar surface area (TPSA) is 58.4 Å². The van der Waals surface area contributed by atoms with E-state index in [0.717, 1.165) is 44.9 Å². The predicted octanol–water partition coefficient (Wildman–Crippen LogP) is 2.13. The van der Waals surface area contributed by atoms with Gasteiger partial charge in [0.1, 0.15) is 0 Å². The highest BCUT2D eigenvalue weighted by molar-refractivity contribution is 5.75. The Morgan fingerprint density at radius 3 is 2.90 bits per heavy atom. The van der Waals surface area contributed by atoms with Crippen LogP contribution in [0.25, 0.3) is 0 Å². The van der Waals surface area contributed by atoms with Crippen molar-refractivity contribution in [1.29, 1.82) is 0 Å². The summed E-state index contributed by atoms with van der Waals surface area (Å²) in [6, 6.07) is 0.719. The molecule has 1 aliphatic rings. The fourth-order valence-electron chi connectivity index (χ4n) is 2.89. The van der Waals surface area contributed by atoms with Gasteiger partial charge in [-0.25, -0.2) is 0 Å². The van der Waals surface area contributed by atoms with Gasteiger partial charge in [0.05, 0.1) is 0 Å². The number of amides is 1. The lowest BCUT2D eigenvalue weighted by molar-refractivity contribution is -0.121. The Morgan fingerprint density at radius 1 is 1.40 bits per heavy atom. The minimum atomic E-state index is 0.195. The smallest absolute Gasteiger partial charge is 0.220 e. The number of likely N-dealkylation sites (tertiary alicyclic amines) is 1. The average Bonchev–Trinajstić information content (AvgIpc) is 2.43. The minimum Gasteiger partial charge on any atom is -0.356 e. The maximum atomic E-state index is 11.7. The molecule has 1 rings (SSSR count). The van der Waals surface area contributed by atoms with E-state index in [1.807, 2.05) is 0 Å². The first-order valence-corrected chi connectivity index (χ1v) is 8.34. The molecule has 4 nitrogen and oxygen atoms in total. The Bertz CT molecular complexity index is 270. The number of nitrogens with two attached hydrogens (primary N) is 1. The molecule has 0 aromatic heterocycles. The molecule has 1 aliphatic heterocycles. The third-order valence-corrected chi connectivity index (χ3v) is 4.41. The summed E-state index contributed by atoms with van der Waals surface area (Å²) in [6.45, 7) is 8.36. The lowest BCUT2D eigenvalue weighted by atomic mass is 10.0. The molecule has 1 heterocycles.